The molecule has 0 amide bonds. The van der Waals surface area contributed by atoms with Crippen LogP contribution in [0.4, 0.5) is 0 Å². The Labute approximate surface area is 225 Å². The second-order valence-corrected chi connectivity index (χ2v) is 15.5. The number of ether oxygens (including phenoxy) is 1. The quantitative estimate of drug-likeness (QED) is 0.0515. The van der Waals surface area contributed by atoms with E-state index in [0.29, 0.717) is 6.42 Å². The van der Waals surface area contributed by atoms with Gasteiger partial charge in [0.15, 0.2) is 6.54 Å². The van der Waals surface area contributed by atoms with Crippen molar-refractivity contribution >= 4 is 26.2 Å². The number of quaternary nitrogens is 1. The van der Waals surface area contributed by atoms with E-state index in [9.17, 15) is 29.4 Å². The number of aliphatic hydroxyl groups excluding tert-OH is 2. The third-order valence-corrected chi connectivity index (χ3v) is 9.58. The molecule has 0 fully saturated rings. The summed E-state index contributed by atoms with van der Waals surface area (Å²) in [5.74, 6) is -0.531. The minimum atomic E-state index is -4.68. The highest BCUT2D eigenvalue weighted by Crippen LogP contribution is 2.63. The SMILES string of the molecule is CCCCCCCC/C=C\CCCCCCCC(=O)OC(CO)COP(=O)(O)[P+]([O-])=C(O)C[N+](C)(C)C. The minimum absolute atomic E-state index is 0.0858. The normalized spacial score (nSPS) is 15.5. The zero-order valence-electron chi connectivity index (χ0n) is 23.5. The van der Waals surface area contributed by atoms with Gasteiger partial charge in [-0.05, 0) is 32.1 Å². The summed E-state index contributed by atoms with van der Waals surface area (Å²) in [5, 5.41) is 19.3. The molecule has 0 aliphatic rings. The lowest BCUT2D eigenvalue weighted by molar-refractivity contribution is -0.861. The van der Waals surface area contributed by atoms with Crippen LogP contribution in [0.3, 0.4) is 0 Å². The number of allylic oxidation sites excluding steroid dienone is 2. The molecule has 0 aromatic rings. The largest absolute Gasteiger partial charge is 0.621 e. The fraction of sp³-hybridized carbons (Fsp3) is 0.846. The van der Waals surface area contributed by atoms with Gasteiger partial charge in [0.25, 0.3) is 5.48 Å². The smallest absolute Gasteiger partial charge is 0.523 e. The third kappa shape index (κ3) is 20.9. The fourth-order valence-electron chi connectivity index (χ4n) is 3.57. The number of unbranched alkanes of at least 4 members (excludes halogenated alkanes) is 11. The second-order valence-electron chi connectivity index (χ2n) is 10.6. The van der Waals surface area contributed by atoms with Gasteiger partial charge in [0, 0.05) is 6.42 Å². The Hall–Kier alpha value is -0.630. The van der Waals surface area contributed by atoms with Gasteiger partial charge < -0.3 is 24.3 Å². The van der Waals surface area contributed by atoms with Crippen LogP contribution in [-0.2, 0) is 18.6 Å². The maximum absolute atomic E-state index is 12.2. The topological polar surface area (TPSA) is 136 Å². The molecule has 218 valence electrons. The lowest BCUT2D eigenvalue weighted by Crippen LogP contribution is -2.39. The van der Waals surface area contributed by atoms with Crippen molar-refractivity contribution in [2.75, 3.05) is 40.9 Å². The van der Waals surface area contributed by atoms with Crippen molar-refractivity contribution in [3.63, 3.8) is 0 Å². The summed E-state index contributed by atoms with van der Waals surface area (Å²) in [6.45, 7) is 0.945. The second kappa shape index (κ2) is 21.2. The summed E-state index contributed by atoms with van der Waals surface area (Å²) in [4.78, 5) is 34.1. The van der Waals surface area contributed by atoms with Gasteiger partial charge in [-0.3, -0.25) is 14.2 Å². The van der Waals surface area contributed by atoms with Gasteiger partial charge in [-0.1, -0.05) is 70.4 Å². The molecule has 9 nitrogen and oxygen atoms in total. The number of nitrogens with zero attached hydrogens (tertiary/aromatic N) is 1. The summed E-state index contributed by atoms with van der Waals surface area (Å²) >= 11 is 0. The highest BCUT2D eigenvalue weighted by Gasteiger charge is 2.37. The molecule has 3 unspecified atom stereocenters. The Morgan fingerprint density at radius 1 is 0.973 bits per heavy atom. The van der Waals surface area contributed by atoms with Crippen LogP contribution < -0.4 is 4.89 Å². The van der Waals surface area contributed by atoms with Gasteiger partial charge in [-0.25, -0.2) is 4.57 Å². The molecule has 11 heteroatoms. The maximum atomic E-state index is 12.2. The van der Waals surface area contributed by atoms with E-state index in [0.717, 1.165) is 32.1 Å². The van der Waals surface area contributed by atoms with Crippen molar-refractivity contribution in [1.82, 2.24) is 0 Å². The first-order valence-electron chi connectivity index (χ1n) is 13.7. The summed E-state index contributed by atoms with van der Waals surface area (Å²) < 4.78 is 22.3. The van der Waals surface area contributed by atoms with Crippen molar-refractivity contribution in [3.05, 3.63) is 12.2 Å². The van der Waals surface area contributed by atoms with E-state index in [2.05, 4.69) is 19.1 Å². The fourth-order valence-corrected chi connectivity index (χ4v) is 6.45. The van der Waals surface area contributed by atoms with Crippen LogP contribution in [0.1, 0.15) is 96.8 Å². The van der Waals surface area contributed by atoms with Crippen LogP contribution in [0, 0.1) is 0 Å². The molecule has 0 heterocycles. The number of hydrogen-bond donors (Lipinski definition) is 3. The van der Waals surface area contributed by atoms with Gasteiger partial charge in [0.05, 0.1) is 34.4 Å². The Kier molecular flexibility index (Phi) is 20.9. The molecule has 37 heavy (non-hydrogen) atoms. The molecule has 3 N–H and O–H groups in total. The summed E-state index contributed by atoms with van der Waals surface area (Å²) in [7, 11) is -2.58. The Morgan fingerprint density at radius 3 is 2.00 bits per heavy atom. The van der Waals surface area contributed by atoms with E-state index in [4.69, 9.17) is 9.26 Å². The Bertz CT molecular complexity index is 722. The first kappa shape index (κ1) is 36.4. The number of aliphatic hydroxyl groups is 2. The summed E-state index contributed by atoms with van der Waals surface area (Å²) in [6.07, 6.45) is 18.6. The molecular weight excluding hydrogens is 516 g/mol. The number of hydrogen-bond acceptors (Lipinski definition) is 6. The molecule has 0 bridgehead atoms. The molecule has 0 spiro atoms. The van der Waals surface area contributed by atoms with Gasteiger partial charge in [0.1, 0.15) is 6.10 Å². The van der Waals surface area contributed by atoms with Crippen molar-refractivity contribution in [1.29, 1.82) is 0 Å². The van der Waals surface area contributed by atoms with Crippen LogP contribution in [0.5, 0.6) is 0 Å². The Morgan fingerprint density at radius 2 is 1.49 bits per heavy atom. The van der Waals surface area contributed by atoms with Crippen LogP contribution >= 0.6 is 14.7 Å². The van der Waals surface area contributed by atoms with Crippen LogP contribution in [-0.4, -0.2) is 78.0 Å². The lowest BCUT2D eigenvalue weighted by Gasteiger charge is -2.22. The molecule has 0 radical (unpaired) electrons. The zero-order valence-corrected chi connectivity index (χ0v) is 25.3. The highest BCUT2D eigenvalue weighted by molar-refractivity contribution is 8.24. The number of carbonyl (C=O) groups excluding carboxylic acids is 1. The molecule has 0 aliphatic carbocycles. The van der Waals surface area contributed by atoms with Gasteiger partial charge in [-0.15, -0.1) is 0 Å². The average molecular weight is 569 g/mol. The van der Waals surface area contributed by atoms with E-state index in [1.807, 2.05) is 0 Å². The number of carbonyl (C=O) groups is 1. The van der Waals surface area contributed by atoms with E-state index in [1.165, 1.54) is 44.9 Å². The predicted molar refractivity (Wildman–Crippen MR) is 149 cm³/mol. The summed E-state index contributed by atoms with van der Waals surface area (Å²) in [5.41, 5.74) is -0.630. The van der Waals surface area contributed by atoms with Gasteiger partial charge >= 0.3 is 13.3 Å². The van der Waals surface area contributed by atoms with Crippen LogP contribution in [0.2, 0.25) is 0 Å². The van der Waals surface area contributed by atoms with Crippen LogP contribution in [0.25, 0.3) is 0 Å². The molecular formula is C26H52NO8P2+. The molecule has 3 atom stereocenters. The zero-order chi connectivity index (χ0) is 28.2. The summed E-state index contributed by atoms with van der Waals surface area (Å²) in [6, 6.07) is 0. The molecule has 0 rings (SSSR count). The minimum Gasteiger partial charge on any atom is -0.621 e. The monoisotopic (exact) mass is 568 g/mol. The standard InChI is InChI=1S/C26H51NO8P2/c1-5-6-7-8-9-10-11-12-13-14-15-16-17-18-19-20-25(29)35-24(22-28)23-34-37(32,33)36(31)26(30)21-27(2,3)4/h12-13,24,28H,5-11,14-23H2,1-4H3,(H-,30,32,33)/p+1/b13-12-. The van der Waals surface area contributed by atoms with E-state index in [-0.39, 0.29) is 17.4 Å². The lowest BCUT2D eigenvalue weighted by atomic mass is 10.1. The van der Waals surface area contributed by atoms with Gasteiger partial charge in [-0.2, -0.15) is 0 Å². The highest BCUT2D eigenvalue weighted by atomic mass is 32.1. The van der Waals surface area contributed by atoms with E-state index < -0.39 is 45.5 Å². The van der Waals surface area contributed by atoms with E-state index >= 15 is 0 Å². The maximum Gasteiger partial charge on any atom is 0.523 e. The van der Waals surface area contributed by atoms with Crippen molar-refractivity contribution < 1.29 is 43.1 Å². The first-order chi connectivity index (χ1) is 17.4. The molecule has 0 aliphatic heterocycles. The average Bonchev–Trinajstić information content (AvgIpc) is 2.82. The predicted octanol–water partition coefficient (Wildman–Crippen LogP) is 5.01. The van der Waals surface area contributed by atoms with Crippen LogP contribution in [0.15, 0.2) is 12.2 Å². The third-order valence-electron chi connectivity index (χ3n) is 5.64. The van der Waals surface area contributed by atoms with Crippen molar-refractivity contribution in [3.8, 4) is 0 Å². The van der Waals surface area contributed by atoms with E-state index in [1.54, 1.807) is 21.1 Å². The first-order valence-corrected chi connectivity index (χ1v) is 17.2. The Balaban J connectivity index is 4.02. The molecule has 0 aromatic heterocycles. The number of esters is 1. The van der Waals surface area contributed by atoms with Crippen molar-refractivity contribution in [2.24, 2.45) is 0 Å². The molecule has 0 aromatic carbocycles. The van der Waals surface area contributed by atoms with Gasteiger partial charge in [0.2, 0.25) is 7.46 Å². The number of likely N-dealkylation sites (N-methyl/N-ethyl adjacent to an activating group) is 1. The molecule has 0 saturated heterocycles. The number of rotatable bonds is 23. The molecule has 0 saturated carbocycles. The van der Waals surface area contributed by atoms with Crippen molar-refractivity contribution in [2.45, 2.75) is 103 Å².